The van der Waals surface area contributed by atoms with Crippen LogP contribution in [0.4, 0.5) is 0 Å². The van der Waals surface area contributed by atoms with Crippen LogP contribution in [0, 0.1) is 5.92 Å². The van der Waals surface area contributed by atoms with E-state index < -0.39 is 22.3 Å². The second kappa shape index (κ2) is 7.20. The van der Waals surface area contributed by atoms with Crippen LogP contribution in [-0.2, 0) is 22.3 Å². The van der Waals surface area contributed by atoms with E-state index >= 15 is 0 Å². The summed E-state index contributed by atoms with van der Waals surface area (Å²) in [6.45, 7) is 2.22. The van der Waals surface area contributed by atoms with Gasteiger partial charge in [-0.25, -0.2) is 0 Å². The van der Waals surface area contributed by atoms with Crippen LogP contribution in [0.3, 0.4) is 0 Å². The first-order valence-electron chi connectivity index (χ1n) is 8.78. The minimum atomic E-state index is -0.396. The Bertz CT molecular complexity index is 804. The van der Waals surface area contributed by atoms with Gasteiger partial charge in [0, 0.05) is 0 Å². The Labute approximate surface area is 155 Å². The van der Waals surface area contributed by atoms with Crippen LogP contribution < -0.4 is 0 Å². The molecule has 0 saturated heterocycles. The van der Waals surface area contributed by atoms with Gasteiger partial charge in [-0.2, -0.15) is 0 Å². The Morgan fingerprint density at radius 2 is 1.42 bits per heavy atom. The molecule has 0 saturated carbocycles. The molecule has 118 valence electrons. The minimum absolute atomic E-state index is 0.396. The van der Waals surface area contributed by atoms with Crippen molar-refractivity contribution in [2.24, 2.45) is 5.92 Å². The summed E-state index contributed by atoms with van der Waals surface area (Å²) in [4.78, 5) is 0. The van der Waals surface area contributed by atoms with Gasteiger partial charge in [-0.15, -0.1) is 0 Å². The molecule has 0 fully saturated rings. The van der Waals surface area contributed by atoms with Gasteiger partial charge in [0.2, 0.25) is 0 Å². The Morgan fingerprint density at radius 3 is 1.96 bits per heavy atom. The molecule has 0 amide bonds. The molecule has 0 N–H and O–H groups in total. The predicted molar refractivity (Wildman–Crippen MR) is 102 cm³/mol. The number of fused-ring (bicyclic) bond motifs is 2. The monoisotopic (exact) mass is 388 g/mol. The maximum absolute atomic E-state index is 2.62. The van der Waals surface area contributed by atoms with Crippen molar-refractivity contribution in [1.82, 2.24) is 0 Å². The van der Waals surface area contributed by atoms with Crippen molar-refractivity contribution in [3.63, 3.8) is 0 Å². The number of allylic oxidation sites excluding steroid dienone is 2. The number of hydrogen-bond acceptors (Lipinski definition) is 0. The average Bonchev–Trinajstić information content (AvgIpc) is 3.24. The fourth-order valence-electron chi connectivity index (χ4n) is 4.14. The molecule has 0 nitrogen and oxygen atoms in total. The average molecular weight is 390 g/mol. The molecule has 0 aliphatic heterocycles. The first-order chi connectivity index (χ1) is 11.9. The molecule has 2 aromatic carbocycles. The van der Waals surface area contributed by atoms with Gasteiger partial charge in [-0.3, -0.25) is 0 Å². The molecule has 0 bridgehead atoms. The second-order valence-corrected chi connectivity index (χ2v) is 9.83. The van der Waals surface area contributed by atoms with Gasteiger partial charge in [0.05, 0.1) is 0 Å². The van der Waals surface area contributed by atoms with Crippen molar-refractivity contribution in [1.29, 1.82) is 0 Å². The van der Waals surface area contributed by atoms with Gasteiger partial charge in [0.15, 0.2) is 0 Å². The third kappa shape index (κ3) is 2.95. The fraction of sp³-hybridized carbons (Fsp3) is 0.217. The summed E-state index contributed by atoms with van der Waals surface area (Å²) in [6, 6.07) is 17.8. The van der Waals surface area contributed by atoms with Crippen molar-refractivity contribution in [2.75, 3.05) is 0 Å². The SMILES string of the molecule is C[CH]=[Zr]=[CH]CC(C1C=Cc2ccccc21)C1C=Cc2ccccc21. The second-order valence-electron chi connectivity index (χ2n) is 6.59. The number of hydrogen-bond donors (Lipinski definition) is 0. The van der Waals surface area contributed by atoms with Crippen molar-refractivity contribution in [2.45, 2.75) is 25.2 Å². The normalized spacial score (nSPS) is 21.0. The Kier molecular flexibility index (Phi) is 4.81. The molecule has 24 heavy (non-hydrogen) atoms. The van der Waals surface area contributed by atoms with E-state index in [1.807, 2.05) is 0 Å². The molecule has 2 atom stereocenters. The Morgan fingerprint density at radius 1 is 0.875 bits per heavy atom. The zero-order valence-electron chi connectivity index (χ0n) is 14.0. The van der Waals surface area contributed by atoms with Gasteiger partial charge in [-0.05, 0) is 0 Å². The molecule has 1 heteroatoms. The van der Waals surface area contributed by atoms with Gasteiger partial charge in [0.25, 0.3) is 0 Å². The van der Waals surface area contributed by atoms with E-state index in [9.17, 15) is 0 Å². The van der Waals surface area contributed by atoms with E-state index in [0.717, 1.165) is 0 Å². The number of rotatable bonds is 4. The van der Waals surface area contributed by atoms with E-state index in [1.54, 1.807) is 0 Å². The quantitative estimate of drug-likeness (QED) is 0.664. The molecule has 4 rings (SSSR count). The summed E-state index contributed by atoms with van der Waals surface area (Å²) in [5, 5.41) is 0. The zero-order chi connectivity index (χ0) is 16.4. The van der Waals surface area contributed by atoms with Gasteiger partial charge >= 0.3 is 156 Å². The van der Waals surface area contributed by atoms with Crippen LogP contribution in [0.15, 0.2) is 60.7 Å². The molecule has 0 radical (unpaired) electrons. The van der Waals surface area contributed by atoms with E-state index in [-0.39, 0.29) is 0 Å². The molecule has 0 spiro atoms. The molecule has 2 aliphatic carbocycles. The van der Waals surface area contributed by atoms with Crippen LogP contribution in [-0.4, -0.2) is 7.42 Å². The summed E-state index contributed by atoms with van der Waals surface area (Å²) in [7, 11) is 0. The van der Waals surface area contributed by atoms with E-state index in [2.05, 4.69) is 87.2 Å². The van der Waals surface area contributed by atoms with Crippen LogP contribution in [0.25, 0.3) is 12.2 Å². The Balaban J connectivity index is 1.73. The van der Waals surface area contributed by atoms with Crippen LogP contribution >= 0.6 is 0 Å². The molecule has 2 unspecified atom stereocenters. The van der Waals surface area contributed by atoms with E-state index in [1.165, 1.54) is 28.7 Å². The van der Waals surface area contributed by atoms with E-state index in [4.69, 9.17) is 0 Å². The summed E-state index contributed by atoms with van der Waals surface area (Å²) < 4.78 is 5.04. The zero-order valence-corrected chi connectivity index (χ0v) is 16.5. The Hall–Kier alpha value is -1.46. The molecule has 2 aliphatic rings. The van der Waals surface area contributed by atoms with Crippen LogP contribution in [0.2, 0.25) is 0 Å². The summed E-state index contributed by atoms with van der Waals surface area (Å²) in [5.41, 5.74) is 5.84. The topological polar surface area (TPSA) is 0 Å². The molecular weight excluding hydrogens is 367 g/mol. The van der Waals surface area contributed by atoms with E-state index in [0.29, 0.717) is 17.8 Å². The van der Waals surface area contributed by atoms with Crippen molar-refractivity contribution in [3.8, 4) is 0 Å². The van der Waals surface area contributed by atoms with Crippen LogP contribution in [0.1, 0.15) is 47.4 Å². The fourth-order valence-corrected chi connectivity index (χ4v) is 5.72. The van der Waals surface area contributed by atoms with Crippen LogP contribution in [0.5, 0.6) is 0 Å². The first-order valence-corrected chi connectivity index (χ1v) is 11.6. The van der Waals surface area contributed by atoms with Gasteiger partial charge < -0.3 is 0 Å². The van der Waals surface area contributed by atoms with Crippen molar-refractivity contribution in [3.05, 3.63) is 82.9 Å². The molecule has 2 aromatic rings. The molecular formula is C23H22Zr. The number of benzene rings is 2. The third-order valence-corrected chi connectivity index (χ3v) is 7.25. The predicted octanol–water partition coefficient (Wildman–Crippen LogP) is 5.32. The summed E-state index contributed by atoms with van der Waals surface area (Å²) >= 11 is -0.396. The summed E-state index contributed by atoms with van der Waals surface area (Å²) in [5.74, 6) is 1.70. The van der Waals surface area contributed by atoms with Crippen molar-refractivity contribution < 1.29 is 22.3 Å². The molecule has 0 heterocycles. The third-order valence-electron chi connectivity index (χ3n) is 5.27. The standard InChI is InChI=1S/C21H18.C2H4.Zr/c1-2-17(20-13-11-15-7-3-5-9-18(15)20)21-14-12-16-8-4-6-10-19(16)21;1-2;/h1,3-14,17,20-21H,2H2;1H,2H3;. The maximum atomic E-state index is 2.62. The summed E-state index contributed by atoms with van der Waals surface area (Å²) in [6.07, 6.45) is 10.8. The first kappa shape index (κ1) is 16.0. The van der Waals surface area contributed by atoms with Gasteiger partial charge in [0.1, 0.15) is 0 Å². The van der Waals surface area contributed by atoms with Crippen molar-refractivity contribution >= 4 is 19.6 Å². The molecule has 0 aromatic heterocycles. The van der Waals surface area contributed by atoms with Gasteiger partial charge in [-0.1, -0.05) is 0 Å².